The number of ether oxygens (including phenoxy) is 2. The van der Waals surface area contributed by atoms with Crippen molar-refractivity contribution < 1.29 is 14.4 Å². The Bertz CT molecular complexity index is 1090. The van der Waals surface area contributed by atoms with Crippen molar-refractivity contribution >= 4 is 28.4 Å². The molecule has 0 saturated carbocycles. The summed E-state index contributed by atoms with van der Waals surface area (Å²) in [7, 11) is 3.03. The SMILES string of the molecule is COc1cc(N=Nc2ccc([N+](=O)[O-])cc2)c(OC)cc1N=Nc1ccc(C)cc1. The number of rotatable bonds is 7. The van der Waals surface area contributed by atoms with Crippen LogP contribution in [-0.4, -0.2) is 19.1 Å². The van der Waals surface area contributed by atoms with Crippen LogP contribution in [0.3, 0.4) is 0 Å². The van der Waals surface area contributed by atoms with Gasteiger partial charge in [-0.05, 0) is 31.2 Å². The number of aryl methyl sites for hydroxylation is 1. The molecule has 0 heterocycles. The van der Waals surface area contributed by atoms with Gasteiger partial charge in [0.1, 0.15) is 22.9 Å². The molecule has 3 aromatic rings. The van der Waals surface area contributed by atoms with Crippen molar-refractivity contribution in [3.05, 3.63) is 76.3 Å². The summed E-state index contributed by atoms with van der Waals surface area (Å²) in [4.78, 5) is 10.3. The molecule has 0 aliphatic rings. The Kier molecular flexibility index (Phi) is 6.43. The molecule has 30 heavy (non-hydrogen) atoms. The fraction of sp³-hybridized carbons (Fsp3) is 0.143. The molecule has 0 spiro atoms. The summed E-state index contributed by atoms with van der Waals surface area (Å²) in [6, 6.07) is 16.7. The summed E-state index contributed by atoms with van der Waals surface area (Å²) in [6.07, 6.45) is 0. The molecular weight excluding hydrogens is 386 g/mol. The molecule has 9 nitrogen and oxygen atoms in total. The van der Waals surface area contributed by atoms with Crippen LogP contribution in [0.4, 0.5) is 28.4 Å². The molecule has 0 aromatic heterocycles. The van der Waals surface area contributed by atoms with Crippen LogP contribution >= 0.6 is 0 Å². The Balaban J connectivity index is 1.88. The average molecular weight is 405 g/mol. The first-order chi connectivity index (χ1) is 14.5. The van der Waals surface area contributed by atoms with E-state index in [0.717, 1.165) is 5.56 Å². The highest BCUT2D eigenvalue weighted by Crippen LogP contribution is 2.41. The quantitative estimate of drug-likeness (QED) is 0.246. The summed E-state index contributed by atoms with van der Waals surface area (Å²) < 4.78 is 10.8. The normalized spacial score (nSPS) is 11.2. The van der Waals surface area contributed by atoms with Crippen LogP contribution in [0.15, 0.2) is 81.1 Å². The number of hydrogen-bond donors (Lipinski definition) is 0. The minimum atomic E-state index is -0.474. The lowest BCUT2D eigenvalue weighted by Gasteiger charge is -2.09. The summed E-state index contributed by atoms with van der Waals surface area (Å²) in [5.74, 6) is 0.878. The lowest BCUT2D eigenvalue weighted by Crippen LogP contribution is -1.88. The van der Waals surface area contributed by atoms with E-state index in [0.29, 0.717) is 34.2 Å². The average Bonchev–Trinajstić information content (AvgIpc) is 2.77. The summed E-state index contributed by atoms with van der Waals surface area (Å²) in [5.41, 5.74) is 3.19. The zero-order valence-electron chi connectivity index (χ0n) is 16.6. The Morgan fingerprint density at radius 1 is 0.733 bits per heavy atom. The van der Waals surface area contributed by atoms with E-state index in [2.05, 4.69) is 20.5 Å². The van der Waals surface area contributed by atoms with Crippen molar-refractivity contribution in [2.75, 3.05) is 14.2 Å². The van der Waals surface area contributed by atoms with Crippen LogP contribution in [0.25, 0.3) is 0 Å². The second-order valence-electron chi connectivity index (χ2n) is 6.20. The number of non-ortho nitro benzene ring substituents is 1. The molecule has 0 amide bonds. The maximum Gasteiger partial charge on any atom is 0.269 e. The van der Waals surface area contributed by atoms with E-state index in [1.54, 1.807) is 12.1 Å². The van der Waals surface area contributed by atoms with Crippen LogP contribution in [0, 0.1) is 17.0 Å². The fourth-order valence-electron chi connectivity index (χ4n) is 2.50. The largest absolute Gasteiger partial charge is 0.494 e. The van der Waals surface area contributed by atoms with E-state index < -0.39 is 4.92 Å². The Hall–Kier alpha value is -4.14. The van der Waals surface area contributed by atoms with Crippen LogP contribution in [0.1, 0.15) is 5.56 Å². The third-order valence-electron chi connectivity index (χ3n) is 4.12. The van der Waals surface area contributed by atoms with Gasteiger partial charge < -0.3 is 9.47 Å². The highest BCUT2D eigenvalue weighted by atomic mass is 16.6. The van der Waals surface area contributed by atoms with E-state index in [1.165, 1.54) is 38.5 Å². The van der Waals surface area contributed by atoms with E-state index >= 15 is 0 Å². The number of azo groups is 2. The van der Waals surface area contributed by atoms with Gasteiger partial charge in [-0.1, -0.05) is 17.7 Å². The maximum atomic E-state index is 10.7. The molecule has 152 valence electrons. The van der Waals surface area contributed by atoms with Gasteiger partial charge in [0.2, 0.25) is 0 Å². The number of hydrogen-bond acceptors (Lipinski definition) is 8. The molecule has 9 heteroatoms. The van der Waals surface area contributed by atoms with Crippen molar-refractivity contribution in [2.45, 2.75) is 6.92 Å². The molecule has 0 aliphatic heterocycles. The molecule has 0 saturated heterocycles. The molecule has 0 aliphatic carbocycles. The molecule has 0 radical (unpaired) electrons. The number of benzene rings is 3. The van der Waals surface area contributed by atoms with Crippen LogP contribution in [0.2, 0.25) is 0 Å². The lowest BCUT2D eigenvalue weighted by molar-refractivity contribution is -0.384. The molecule has 0 bridgehead atoms. The van der Waals surface area contributed by atoms with Gasteiger partial charge in [-0.25, -0.2) is 0 Å². The predicted molar refractivity (Wildman–Crippen MR) is 112 cm³/mol. The predicted octanol–water partition coefficient (Wildman–Crippen LogP) is 6.75. The van der Waals surface area contributed by atoms with Crippen molar-refractivity contribution in [2.24, 2.45) is 20.5 Å². The summed E-state index contributed by atoms with van der Waals surface area (Å²) >= 11 is 0. The van der Waals surface area contributed by atoms with Crippen LogP contribution < -0.4 is 9.47 Å². The fourth-order valence-corrected chi connectivity index (χ4v) is 2.50. The third kappa shape index (κ3) is 5.02. The van der Waals surface area contributed by atoms with Crippen molar-refractivity contribution in [3.63, 3.8) is 0 Å². The first-order valence-corrected chi connectivity index (χ1v) is 8.91. The van der Waals surface area contributed by atoms with Crippen molar-refractivity contribution in [1.29, 1.82) is 0 Å². The highest BCUT2D eigenvalue weighted by Gasteiger charge is 2.11. The van der Waals surface area contributed by atoms with Gasteiger partial charge in [-0.15, -0.1) is 10.2 Å². The molecule has 0 N–H and O–H groups in total. The monoisotopic (exact) mass is 405 g/mol. The zero-order valence-corrected chi connectivity index (χ0v) is 16.6. The number of nitro benzene ring substituents is 1. The standard InChI is InChI=1S/C21H19N5O4/c1-14-4-6-15(7-5-14)22-24-18-12-21(30-3)19(13-20(18)29-2)25-23-16-8-10-17(11-9-16)26(27)28/h4-13H,1-3H3. The molecular formula is C21H19N5O4. The smallest absolute Gasteiger partial charge is 0.269 e. The van der Waals surface area contributed by atoms with Gasteiger partial charge in [-0.2, -0.15) is 10.2 Å². The molecule has 3 rings (SSSR count). The van der Waals surface area contributed by atoms with Gasteiger partial charge in [-0.3, -0.25) is 10.1 Å². The first-order valence-electron chi connectivity index (χ1n) is 8.91. The minimum Gasteiger partial charge on any atom is -0.494 e. The second-order valence-corrected chi connectivity index (χ2v) is 6.20. The van der Waals surface area contributed by atoms with Gasteiger partial charge >= 0.3 is 0 Å². The maximum absolute atomic E-state index is 10.7. The summed E-state index contributed by atoms with van der Waals surface area (Å²) in [5, 5.41) is 27.5. The van der Waals surface area contributed by atoms with Gasteiger partial charge in [0.05, 0.1) is 30.5 Å². The molecule has 3 aromatic carbocycles. The first kappa shape index (κ1) is 20.6. The third-order valence-corrected chi connectivity index (χ3v) is 4.12. The van der Waals surface area contributed by atoms with Gasteiger partial charge in [0, 0.05) is 24.3 Å². The van der Waals surface area contributed by atoms with E-state index in [-0.39, 0.29) is 5.69 Å². The second kappa shape index (κ2) is 9.37. The van der Waals surface area contributed by atoms with Crippen molar-refractivity contribution in [3.8, 4) is 11.5 Å². The number of methoxy groups -OCH3 is 2. The Morgan fingerprint density at radius 3 is 1.57 bits per heavy atom. The summed E-state index contributed by atoms with van der Waals surface area (Å²) in [6.45, 7) is 2.00. The lowest BCUT2D eigenvalue weighted by atomic mass is 10.2. The van der Waals surface area contributed by atoms with Gasteiger partial charge in [0.15, 0.2) is 0 Å². The zero-order chi connectivity index (χ0) is 21.5. The minimum absolute atomic E-state index is 0.0171. The molecule has 0 atom stereocenters. The van der Waals surface area contributed by atoms with E-state index in [1.807, 2.05) is 31.2 Å². The molecule has 0 unspecified atom stereocenters. The highest BCUT2D eigenvalue weighted by molar-refractivity contribution is 5.66. The topological polar surface area (TPSA) is 111 Å². The van der Waals surface area contributed by atoms with Crippen LogP contribution in [0.5, 0.6) is 11.5 Å². The number of nitrogens with zero attached hydrogens (tertiary/aromatic N) is 5. The van der Waals surface area contributed by atoms with Crippen molar-refractivity contribution in [1.82, 2.24) is 0 Å². The molecule has 0 fully saturated rings. The van der Waals surface area contributed by atoms with Gasteiger partial charge in [0.25, 0.3) is 5.69 Å². The Labute approximate surface area is 172 Å². The van der Waals surface area contributed by atoms with E-state index in [4.69, 9.17) is 9.47 Å². The Morgan fingerprint density at radius 2 is 1.17 bits per heavy atom. The van der Waals surface area contributed by atoms with E-state index in [9.17, 15) is 10.1 Å². The van der Waals surface area contributed by atoms with Crippen LogP contribution in [-0.2, 0) is 0 Å². The number of nitro groups is 1.